The van der Waals surface area contributed by atoms with E-state index in [1.165, 1.54) is 12.3 Å². The van der Waals surface area contributed by atoms with Gasteiger partial charge in [-0.25, -0.2) is 0 Å². The van der Waals surface area contributed by atoms with Crippen molar-refractivity contribution in [3.05, 3.63) is 58.4 Å². The summed E-state index contributed by atoms with van der Waals surface area (Å²) in [6.45, 7) is 5.45. The molecule has 1 atom stereocenters. The van der Waals surface area contributed by atoms with Gasteiger partial charge in [-0.2, -0.15) is 13.2 Å². The summed E-state index contributed by atoms with van der Waals surface area (Å²) in [7, 11) is 0. The number of likely N-dealkylation sites (N-methyl/N-ethyl adjacent to an activating group) is 1. The number of pyridine rings is 1. The lowest BCUT2D eigenvalue weighted by atomic mass is 10.1. The number of thioether (sulfide) groups is 1. The predicted octanol–water partition coefficient (Wildman–Crippen LogP) is 5.59. The Hall–Kier alpha value is -1.24. The maximum absolute atomic E-state index is 13.6. The van der Waals surface area contributed by atoms with Crippen molar-refractivity contribution in [2.45, 2.75) is 36.6 Å². The lowest BCUT2D eigenvalue weighted by molar-refractivity contribution is -0.130. The van der Waals surface area contributed by atoms with E-state index in [1.807, 2.05) is 19.9 Å². The van der Waals surface area contributed by atoms with Gasteiger partial charge < -0.3 is 5.32 Å². The molecule has 25 heavy (non-hydrogen) atoms. The van der Waals surface area contributed by atoms with E-state index in [2.05, 4.69) is 10.3 Å². The molecule has 0 aliphatic carbocycles. The van der Waals surface area contributed by atoms with Gasteiger partial charge in [-0.3, -0.25) is 4.98 Å². The van der Waals surface area contributed by atoms with Crippen LogP contribution in [0.3, 0.4) is 0 Å². The number of halogens is 4. The minimum Gasteiger partial charge on any atom is -0.317 e. The van der Waals surface area contributed by atoms with E-state index in [1.54, 1.807) is 18.2 Å². The molecule has 0 bridgehead atoms. The first-order chi connectivity index (χ1) is 11.8. The summed E-state index contributed by atoms with van der Waals surface area (Å²) < 4.78 is 40.8. The molecule has 1 aromatic heterocycles. The van der Waals surface area contributed by atoms with Gasteiger partial charge in [0.2, 0.25) is 0 Å². The molecule has 0 saturated heterocycles. The molecule has 2 nitrogen and oxygen atoms in total. The molecule has 0 amide bonds. The van der Waals surface area contributed by atoms with Gasteiger partial charge in [0.25, 0.3) is 0 Å². The normalized spacial score (nSPS) is 13.0. The molecule has 0 saturated carbocycles. The number of nitrogens with one attached hydrogen (secondary N) is 1. The quantitative estimate of drug-likeness (QED) is 0.494. The maximum Gasteiger partial charge on any atom is 0.406 e. The van der Waals surface area contributed by atoms with Crippen molar-refractivity contribution >= 4 is 23.4 Å². The fourth-order valence-corrected chi connectivity index (χ4v) is 3.91. The van der Waals surface area contributed by atoms with Gasteiger partial charge in [0, 0.05) is 11.1 Å². The van der Waals surface area contributed by atoms with Crippen LogP contribution in [0.5, 0.6) is 0 Å². The molecule has 136 valence electrons. The van der Waals surface area contributed by atoms with Crippen LogP contribution in [-0.4, -0.2) is 24.2 Å². The molecule has 1 heterocycles. The van der Waals surface area contributed by atoms with E-state index in [-0.39, 0.29) is 5.69 Å². The van der Waals surface area contributed by atoms with Crippen molar-refractivity contribution in [2.75, 3.05) is 13.1 Å². The predicted molar refractivity (Wildman–Crippen MR) is 97.3 cm³/mol. The number of aromatic nitrogens is 1. The first-order valence-electron chi connectivity index (χ1n) is 7.97. The lowest BCUT2D eigenvalue weighted by Crippen LogP contribution is -2.19. The van der Waals surface area contributed by atoms with Crippen molar-refractivity contribution in [3.63, 3.8) is 0 Å². The minimum atomic E-state index is -4.42. The Labute approximate surface area is 155 Å². The smallest absolute Gasteiger partial charge is 0.317 e. The average molecular weight is 389 g/mol. The fraction of sp³-hybridized carbons (Fsp3) is 0.389. The van der Waals surface area contributed by atoms with Gasteiger partial charge in [-0.05, 0) is 55.8 Å². The highest BCUT2D eigenvalue weighted by molar-refractivity contribution is 7.99. The summed E-state index contributed by atoms with van der Waals surface area (Å²) in [4.78, 5) is 4.35. The minimum absolute atomic E-state index is 0.0199. The molecular formula is C18H20ClF3N2S. The number of hydrogen-bond acceptors (Lipinski definition) is 3. The molecule has 0 spiro atoms. The number of benzene rings is 1. The molecule has 2 rings (SSSR count). The molecule has 0 aliphatic heterocycles. The summed E-state index contributed by atoms with van der Waals surface area (Å²) >= 11 is 6.94. The van der Waals surface area contributed by atoms with Gasteiger partial charge >= 0.3 is 6.18 Å². The SMILES string of the molecule is CCNCCc1ccc(Cl)c(SC(c2ccccn2)C(F)(F)F)c1C. The zero-order valence-corrected chi connectivity index (χ0v) is 15.6. The number of rotatable bonds is 7. The van der Waals surface area contributed by atoms with Crippen LogP contribution >= 0.6 is 23.4 Å². The highest BCUT2D eigenvalue weighted by atomic mass is 35.5. The molecule has 0 aliphatic rings. The lowest BCUT2D eigenvalue weighted by Gasteiger charge is -2.22. The van der Waals surface area contributed by atoms with Crippen molar-refractivity contribution in [2.24, 2.45) is 0 Å². The van der Waals surface area contributed by atoms with Crippen LogP contribution in [0.25, 0.3) is 0 Å². The number of hydrogen-bond donors (Lipinski definition) is 1. The van der Waals surface area contributed by atoms with Gasteiger partial charge in [0.1, 0.15) is 5.25 Å². The highest BCUT2D eigenvalue weighted by Gasteiger charge is 2.43. The van der Waals surface area contributed by atoms with Gasteiger partial charge in [-0.1, -0.05) is 30.7 Å². The summed E-state index contributed by atoms with van der Waals surface area (Å²) in [6.07, 6.45) is -2.31. The summed E-state index contributed by atoms with van der Waals surface area (Å²) in [5, 5.41) is 1.80. The first-order valence-corrected chi connectivity index (χ1v) is 9.23. The van der Waals surface area contributed by atoms with Crippen molar-refractivity contribution in [1.82, 2.24) is 10.3 Å². The Morgan fingerprint density at radius 1 is 1.24 bits per heavy atom. The summed E-state index contributed by atoms with van der Waals surface area (Å²) in [5.41, 5.74) is 1.77. The van der Waals surface area contributed by atoms with E-state index >= 15 is 0 Å². The van der Waals surface area contributed by atoms with Crippen LogP contribution in [0, 0.1) is 6.92 Å². The Balaban J connectivity index is 2.34. The zero-order chi connectivity index (χ0) is 18.4. The molecule has 2 aromatic rings. The largest absolute Gasteiger partial charge is 0.406 e. The number of nitrogens with zero attached hydrogens (tertiary/aromatic N) is 1. The fourth-order valence-electron chi connectivity index (χ4n) is 2.46. The third kappa shape index (κ3) is 5.36. The standard InChI is InChI=1S/C18H20ClF3N2S/c1-3-23-11-9-13-7-8-14(19)16(12(13)2)25-17(18(20,21)22)15-6-4-5-10-24-15/h4-8,10,17,23H,3,9,11H2,1-2H3. The number of alkyl halides is 3. The average Bonchev–Trinajstić information content (AvgIpc) is 2.56. The molecule has 1 aromatic carbocycles. The molecular weight excluding hydrogens is 369 g/mol. The van der Waals surface area contributed by atoms with Crippen molar-refractivity contribution in [3.8, 4) is 0 Å². The Bertz CT molecular complexity index is 693. The van der Waals surface area contributed by atoms with E-state index in [0.717, 1.165) is 30.6 Å². The zero-order valence-electron chi connectivity index (χ0n) is 14.0. The molecule has 7 heteroatoms. The van der Waals surface area contributed by atoms with E-state index in [4.69, 9.17) is 11.6 Å². The highest BCUT2D eigenvalue weighted by Crippen LogP contribution is 2.49. The van der Waals surface area contributed by atoms with Crippen molar-refractivity contribution in [1.29, 1.82) is 0 Å². The van der Waals surface area contributed by atoms with Crippen LogP contribution in [0.4, 0.5) is 13.2 Å². The Kier molecular flexibility index (Phi) is 7.16. The van der Waals surface area contributed by atoms with E-state index < -0.39 is 11.4 Å². The monoisotopic (exact) mass is 388 g/mol. The Morgan fingerprint density at radius 2 is 2.00 bits per heavy atom. The second kappa shape index (κ2) is 8.92. The second-order valence-electron chi connectivity index (χ2n) is 5.56. The summed E-state index contributed by atoms with van der Waals surface area (Å²) in [5.74, 6) is 0. The van der Waals surface area contributed by atoms with Crippen LogP contribution in [0.1, 0.15) is 29.0 Å². The maximum atomic E-state index is 13.6. The van der Waals surface area contributed by atoms with E-state index in [9.17, 15) is 13.2 Å². The topological polar surface area (TPSA) is 24.9 Å². The van der Waals surface area contributed by atoms with Crippen LogP contribution in [-0.2, 0) is 6.42 Å². The molecule has 1 unspecified atom stereocenters. The van der Waals surface area contributed by atoms with E-state index in [0.29, 0.717) is 21.7 Å². The second-order valence-corrected chi connectivity index (χ2v) is 7.08. The Morgan fingerprint density at radius 3 is 2.60 bits per heavy atom. The first kappa shape index (κ1) is 20.1. The molecule has 0 fully saturated rings. The van der Waals surface area contributed by atoms with Gasteiger partial charge in [0.15, 0.2) is 0 Å². The van der Waals surface area contributed by atoms with Crippen LogP contribution < -0.4 is 5.32 Å². The third-order valence-electron chi connectivity index (χ3n) is 3.78. The summed E-state index contributed by atoms with van der Waals surface area (Å²) in [6, 6.07) is 8.10. The van der Waals surface area contributed by atoms with Gasteiger partial charge in [-0.15, -0.1) is 11.8 Å². The van der Waals surface area contributed by atoms with Crippen molar-refractivity contribution < 1.29 is 13.2 Å². The molecule has 0 radical (unpaired) electrons. The van der Waals surface area contributed by atoms with Crippen LogP contribution in [0.15, 0.2) is 41.4 Å². The van der Waals surface area contributed by atoms with Gasteiger partial charge in [0.05, 0.1) is 10.7 Å². The molecule has 1 N–H and O–H groups in total. The van der Waals surface area contributed by atoms with Crippen LogP contribution in [0.2, 0.25) is 5.02 Å². The third-order valence-corrected chi connectivity index (χ3v) is 5.71.